The zero-order valence-corrected chi connectivity index (χ0v) is 16.1. The molecule has 25 heavy (non-hydrogen) atoms. The molecule has 1 aromatic rings. The number of nitrogens with zero attached hydrogens (tertiary/aromatic N) is 3. The van der Waals surface area contributed by atoms with E-state index in [2.05, 4.69) is 9.36 Å². The molecule has 3 atom stereocenters. The van der Waals surface area contributed by atoms with E-state index < -0.39 is 0 Å². The van der Waals surface area contributed by atoms with Crippen LogP contribution in [-0.4, -0.2) is 65.1 Å². The Labute approximate surface area is 155 Å². The van der Waals surface area contributed by atoms with Crippen molar-refractivity contribution in [2.45, 2.75) is 42.5 Å². The molecule has 1 aromatic heterocycles. The van der Waals surface area contributed by atoms with Gasteiger partial charge in [0.05, 0.1) is 11.7 Å². The molecule has 3 heterocycles. The van der Waals surface area contributed by atoms with E-state index in [1.54, 1.807) is 14.1 Å². The summed E-state index contributed by atoms with van der Waals surface area (Å²) in [5.41, 5.74) is 0.00939. The third-order valence-electron chi connectivity index (χ3n) is 5.23. The van der Waals surface area contributed by atoms with Crippen LogP contribution in [0.3, 0.4) is 0 Å². The van der Waals surface area contributed by atoms with E-state index in [-0.39, 0.29) is 16.9 Å². The third-order valence-corrected chi connectivity index (χ3v) is 6.88. The van der Waals surface area contributed by atoms with Gasteiger partial charge in [0.1, 0.15) is 6.61 Å². The first-order valence-corrected chi connectivity index (χ1v) is 10.3. The summed E-state index contributed by atoms with van der Waals surface area (Å²) in [7, 11) is 3.41. The Kier molecular flexibility index (Phi) is 4.91. The molecular formula is C16H23N3O4S2. The first-order valence-electron chi connectivity index (χ1n) is 8.67. The number of fused-ring (bicyclic) bond motifs is 2. The minimum absolute atomic E-state index is 0.00939. The maximum Gasteiger partial charge on any atom is 0.294 e. The average Bonchev–Trinajstić information content (AvgIpc) is 3.26. The van der Waals surface area contributed by atoms with Crippen LogP contribution < -0.4 is 4.74 Å². The van der Waals surface area contributed by atoms with Gasteiger partial charge < -0.3 is 19.1 Å². The normalized spacial score (nSPS) is 29.9. The first kappa shape index (κ1) is 17.5. The van der Waals surface area contributed by atoms with Gasteiger partial charge in [0.15, 0.2) is 0 Å². The number of hydrogen-bond acceptors (Lipinski definition) is 8. The van der Waals surface area contributed by atoms with E-state index >= 15 is 0 Å². The van der Waals surface area contributed by atoms with Gasteiger partial charge in [-0.1, -0.05) is 0 Å². The summed E-state index contributed by atoms with van der Waals surface area (Å²) in [6.45, 7) is 2.09. The summed E-state index contributed by atoms with van der Waals surface area (Å²) in [5, 5.41) is 0.837. The smallest absolute Gasteiger partial charge is 0.294 e. The highest BCUT2D eigenvalue weighted by Gasteiger charge is 2.58. The zero-order valence-electron chi connectivity index (χ0n) is 14.5. The molecule has 0 N–H and O–H groups in total. The monoisotopic (exact) mass is 385 g/mol. The minimum Gasteiger partial charge on any atom is -0.466 e. The molecule has 3 unspecified atom stereocenters. The SMILES string of the molecule is CN(C)C(=O)Sc1nsc(OCC2CC3CC3C3(CCOCC3)O2)n1. The molecule has 1 amide bonds. The number of ether oxygens (including phenoxy) is 3. The minimum atomic E-state index is -0.0961. The predicted octanol–water partition coefficient (Wildman–Crippen LogP) is 2.66. The molecule has 1 spiro atoms. The topological polar surface area (TPSA) is 73.8 Å². The highest BCUT2D eigenvalue weighted by Crippen LogP contribution is 2.58. The lowest BCUT2D eigenvalue weighted by atomic mass is 9.84. The summed E-state index contributed by atoms with van der Waals surface area (Å²) in [6.07, 6.45) is 4.44. The van der Waals surface area contributed by atoms with Crippen LogP contribution in [0.15, 0.2) is 5.16 Å². The fourth-order valence-electron chi connectivity index (χ4n) is 3.90. The van der Waals surface area contributed by atoms with Crippen molar-refractivity contribution in [2.24, 2.45) is 11.8 Å². The standard InChI is InChI=1S/C16H23N3O4S2/c1-19(2)15(20)24-13-17-14(25-18-13)22-9-11-7-10-8-12(10)16(23-11)3-5-21-6-4-16/h10-12H,3-9H2,1-2H3. The van der Waals surface area contributed by atoms with Crippen LogP contribution in [0, 0.1) is 11.8 Å². The summed E-state index contributed by atoms with van der Waals surface area (Å²) in [6, 6.07) is 0. The quantitative estimate of drug-likeness (QED) is 0.738. The van der Waals surface area contributed by atoms with Crippen molar-refractivity contribution in [3.63, 3.8) is 0 Å². The molecule has 0 bridgehead atoms. The molecule has 3 fully saturated rings. The van der Waals surface area contributed by atoms with Gasteiger partial charge in [0, 0.05) is 63.4 Å². The van der Waals surface area contributed by atoms with E-state index in [1.165, 1.54) is 22.9 Å². The van der Waals surface area contributed by atoms with E-state index in [4.69, 9.17) is 14.2 Å². The van der Waals surface area contributed by atoms with Crippen LogP contribution in [0.1, 0.15) is 25.7 Å². The fraction of sp³-hybridized carbons (Fsp3) is 0.812. The fourth-order valence-corrected chi connectivity index (χ4v) is 5.13. The molecule has 3 aliphatic rings. The van der Waals surface area contributed by atoms with Crippen molar-refractivity contribution in [1.82, 2.24) is 14.3 Å². The Balaban J connectivity index is 1.31. The highest BCUT2D eigenvalue weighted by molar-refractivity contribution is 8.13. The molecule has 1 saturated carbocycles. The van der Waals surface area contributed by atoms with Gasteiger partial charge in [0.2, 0.25) is 5.16 Å². The number of hydrogen-bond donors (Lipinski definition) is 0. The molecular weight excluding hydrogens is 362 g/mol. The van der Waals surface area contributed by atoms with Crippen molar-refractivity contribution in [3.8, 4) is 5.19 Å². The van der Waals surface area contributed by atoms with Crippen molar-refractivity contribution in [3.05, 3.63) is 0 Å². The van der Waals surface area contributed by atoms with Gasteiger partial charge in [-0.25, -0.2) is 0 Å². The third kappa shape index (κ3) is 3.79. The highest BCUT2D eigenvalue weighted by atomic mass is 32.2. The lowest BCUT2D eigenvalue weighted by Crippen LogP contribution is -2.48. The summed E-state index contributed by atoms with van der Waals surface area (Å²) < 4.78 is 22.0. The lowest BCUT2D eigenvalue weighted by Gasteiger charge is -2.43. The van der Waals surface area contributed by atoms with Gasteiger partial charge >= 0.3 is 0 Å². The van der Waals surface area contributed by atoms with Gasteiger partial charge in [-0.05, 0) is 24.7 Å². The lowest BCUT2D eigenvalue weighted by molar-refractivity contribution is -0.183. The van der Waals surface area contributed by atoms with E-state index in [0.717, 1.165) is 50.2 Å². The second-order valence-electron chi connectivity index (χ2n) is 7.17. The average molecular weight is 386 g/mol. The van der Waals surface area contributed by atoms with Gasteiger partial charge in [-0.15, -0.1) is 0 Å². The van der Waals surface area contributed by atoms with E-state index in [1.807, 2.05) is 0 Å². The number of thioether (sulfide) groups is 1. The number of carbonyl (C=O) groups is 1. The van der Waals surface area contributed by atoms with Gasteiger partial charge in [-0.2, -0.15) is 9.36 Å². The van der Waals surface area contributed by atoms with E-state index in [9.17, 15) is 4.79 Å². The second kappa shape index (κ2) is 7.02. The molecule has 0 radical (unpaired) electrons. The van der Waals surface area contributed by atoms with E-state index in [0.29, 0.717) is 22.9 Å². The van der Waals surface area contributed by atoms with Gasteiger partial charge in [-0.3, -0.25) is 4.79 Å². The van der Waals surface area contributed by atoms with Crippen LogP contribution in [0.4, 0.5) is 4.79 Å². The van der Waals surface area contributed by atoms with Crippen LogP contribution in [0.5, 0.6) is 5.19 Å². The Morgan fingerprint density at radius 3 is 2.96 bits per heavy atom. The second-order valence-corrected chi connectivity index (χ2v) is 8.80. The number of aromatic nitrogens is 2. The van der Waals surface area contributed by atoms with Crippen molar-refractivity contribution >= 4 is 28.5 Å². The van der Waals surface area contributed by atoms with Crippen LogP contribution in [0.2, 0.25) is 0 Å². The molecule has 7 nitrogen and oxygen atoms in total. The molecule has 1 aliphatic carbocycles. The largest absolute Gasteiger partial charge is 0.466 e. The maximum atomic E-state index is 11.7. The summed E-state index contributed by atoms with van der Waals surface area (Å²) >= 11 is 2.19. The molecule has 4 rings (SSSR count). The molecule has 2 saturated heterocycles. The van der Waals surface area contributed by atoms with Crippen LogP contribution >= 0.6 is 23.3 Å². The number of rotatable bonds is 4. The number of carbonyl (C=O) groups excluding carboxylic acids is 1. The van der Waals surface area contributed by atoms with Gasteiger partial charge in [0.25, 0.3) is 10.4 Å². The zero-order chi connectivity index (χ0) is 17.4. The maximum absolute atomic E-state index is 11.7. The van der Waals surface area contributed by atoms with Crippen molar-refractivity contribution in [2.75, 3.05) is 33.9 Å². The predicted molar refractivity (Wildman–Crippen MR) is 94.2 cm³/mol. The molecule has 9 heteroatoms. The van der Waals surface area contributed by atoms with Crippen molar-refractivity contribution in [1.29, 1.82) is 0 Å². The van der Waals surface area contributed by atoms with Crippen molar-refractivity contribution < 1.29 is 19.0 Å². The summed E-state index contributed by atoms with van der Waals surface area (Å²) in [5.74, 6) is 1.49. The summed E-state index contributed by atoms with van der Waals surface area (Å²) in [4.78, 5) is 17.5. The number of amides is 1. The Morgan fingerprint density at radius 1 is 1.40 bits per heavy atom. The first-order chi connectivity index (χ1) is 12.1. The Morgan fingerprint density at radius 2 is 2.20 bits per heavy atom. The van der Waals surface area contributed by atoms with Crippen LogP contribution in [0.25, 0.3) is 0 Å². The Hall–Kier alpha value is -0.900. The molecule has 0 aromatic carbocycles. The molecule has 138 valence electrons. The van der Waals surface area contributed by atoms with Crippen LogP contribution in [-0.2, 0) is 9.47 Å². The Bertz CT molecular complexity index is 633. The molecule has 2 aliphatic heterocycles.